The number of hydrogen-bond donors (Lipinski definition) is 2. The van der Waals surface area contributed by atoms with Gasteiger partial charge < -0.3 is 25.1 Å². The van der Waals surface area contributed by atoms with E-state index in [4.69, 9.17) is 15.2 Å². The van der Waals surface area contributed by atoms with Crippen molar-refractivity contribution in [2.75, 3.05) is 19.8 Å². The number of amides is 2. The van der Waals surface area contributed by atoms with Crippen LogP contribution in [-0.4, -0.2) is 53.6 Å². The number of primary amides is 1. The van der Waals surface area contributed by atoms with Crippen LogP contribution in [0.3, 0.4) is 0 Å². The molecule has 1 saturated heterocycles. The van der Waals surface area contributed by atoms with Gasteiger partial charge in [-0.05, 0) is 48.6 Å². The lowest BCUT2D eigenvalue weighted by Crippen LogP contribution is -2.57. The number of ether oxygens (including phenoxy) is 2. The number of H-pyrrole nitrogens is 1. The minimum absolute atomic E-state index is 0.0703. The van der Waals surface area contributed by atoms with E-state index in [-0.39, 0.29) is 24.6 Å². The van der Waals surface area contributed by atoms with E-state index in [0.29, 0.717) is 17.7 Å². The van der Waals surface area contributed by atoms with Gasteiger partial charge in [-0.2, -0.15) is 0 Å². The van der Waals surface area contributed by atoms with Crippen LogP contribution in [0.5, 0.6) is 5.75 Å². The molecule has 0 radical (unpaired) electrons. The van der Waals surface area contributed by atoms with Gasteiger partial charge in [0.15, 0.2) is 6.10 Å². The molecule has 0 aliphatic carbocycles. The molecular formula is C24H25N3O5. The van der Waals surface area contributed by atoms with Crippen molar-refractivity contribution in [3.8, 4) is 16.9 Å². The minimum atomic E-state index is -0.869. The smallest absolute Gasteiger partial charge is 0.264 e. The molecule has 3 aromatic rings. The molecule has 0 bridgehead atoms. The predicted molar refractivity (Wildman–Crippen MR) is 120 cm³/mol. The Morgan fingerprint density at radius 1 is 1.19 bits per heavy atom. The van der Waals surface area contributed by atoms with Crippen molar-refractivity contribution >= 4 is 22.6 Å². The van der Waals surface area contributed by atoms with Crippen LogP contribution in [0.2, 0.25) is 0 Å². The third kappa shape index (κ3) is 4.09. The number of aryl methyl sites for hydroxylation is 1. The summed E-state index contributed by atoms with van der Waals surface area (Å²) in [6.07, 6.45) is 0.841. The molecule has 2 amide bonds. The second kappa shape index (κ2) is 8.84. The van der Waals surface area contributed by atoms with E-state index in [2.05, 4.69) is 4.98 Å². The summed E-state index contributed by atoms with van der Waals surface area (Å²) in [5, 5.41) is 1.25. The molecule has 0 saturated carbocycles. The van der Waals surface area contributed by atoms with Crippen molar-refractivity contribution in [1.29, 1.82) is 0 Å². The zero-order valence-electron chi connectivity index (χ0n) is 18.0. The Morgan fingerprint density at radius 3 is 2.72 bits per heavy atom. The summed E-state index contributed by atoms with van der Waals surface area (Å²) in [6, 6.07) is 12.3. The Kier molecular flexibility index (Phi) is 5.96. The van der Waals surface area contributed by atoms with Gasteiger partial charge in [0.2, 0.25) is 5.91 Å². The molecule has 166 valence electrons. The van der Waals surface area contributed by atoms with Gasteiger partial charge in [-0.15, -0.1) is 0 Å². The van der Waals surface area contributed by atoms with E-state index in [1.165, 1.54) is 4.90 Å². The fraction of sp³-hybridized carbons (Fsp3) is 0.292. The number of morpholine rings is 1. The number of nitrogens with two attached hydrogens (primary N) is 1. The number of aromatic amines is 1. The van der Waals surface area contributed by atoms with E-state index < -0.39 is 18.1 Å². The lowest BCUT2D eigenvalue weighted by Gasteiger charge is -2.35. The van der Waals surface area contributed by atoms with E-state index in [9.17, 15) is 14.4 Å². The van der Waals surface area contributed by atoms with Gasteiger partial charge in [0.1, 0.15) is 11.8 Å². The maximum atomic E-state index is 12.9. The standard InChI is InChI=1S/C24H25N3O5/c1-14-5-3-4-6-17(14)20-12-26-23(29)19-11-16(7-8-18(19)20)32-15(2)24(30)27-9-10-31-13-21(27)22(25)28/h3-8,11-12,15,21H,9-10,13H2,1-2H3,(H2,25,28)(H,26,29)/t15-,21+/m1/s1. The molecule has 3 N–H and O–H groups in total. The van der Waals surface area contributed by atoms with Gasteiger partial charge in [-0.3, -0.25) is 14.4 Å². The molecule has 0 unspecified atom stereocenters. The number of aromatic nitrogens is 1. The highest BCUT2D eigenvalue weighted by Gasteiger charge is 2.34. The molecule has 1 aliphatic rings. The Hall–Kier alpha value is -3.65. The number of nitrogens with one attached hydrogen (secondary N) is 1. The first-order valence-electron chi connectivity index (χ1n) is 10.4. The van der Waals surface area contributed by atoms with Crippen LogP contribution in [0.25, 0.3) is 21.9 Å². The number of carbonyl (C=O) groups excluding carboxylic acids is 2. The molecule has 8 heteroatoms. The van der Waals surface area contributed by atoms with Crippen molar-refractivity contribution < 1.29 is 19.1 Å². The van der Waals surface area contributed by atoms with Gasteiger partial charge in [-0.25, -0.2) is 0 Å². The molecule has 1 aromatic heterocycles. The molecule has 8 nitrogen and oxygen atoms in total. The van der Waals surface area contributed by atoms with Gasteiger partial charge >= 0.3 is 0 Å². The Bertz CT molecular complexity index is 1240. The van der Waals surface area contributed by atoms with E-state index in [1.807, 2.05) is 37.3 Å². The molecular weight excluding hydrogens is 410 g/mol. The normalized spacial score (nSPS) is 17.2. The quantitative estimate of drug-likeness (QED) is 0.636. The van der Waals surface area contributed by atoms with Crippen molar-refractivity contribution in [3.63, 3.8) is 0 Å². The van der Waals surface area contributed by atoms with Crippen molar-refractivity contribution in [3.05, 3.63) is 64.6 Å². The molecule has 32 heavy (non-hydrogen) atoms. The minimum Gasteiger partial charge on any atom is -0.481 e. The topological polar surface area (TPSA) is 115 Å². The second-order valence-corrected chi connectivity index (χ2v) is 7.84. The lowest BCUT2D eigenvalue weighted by molar-refractivity contribution is -0.152. The van der Waals surface area contributed by atoms with Crippen LogP contribution in [-0.2, 0) is 14.3 Å². The third-order valence-electron chi connectivity index (χ3n) is 5.71. The summed E-state index contributed by atoms with van der Waals surface area (Å²) in [5.41, 5.74) is 8.19. The summed E-state index contributed by atoms with van der Waals surface area (Å²) >= 11 is 0. The zero-order valence-corrected chi connectivity index (χ0v) is 18.0. The summed E-state index contributed by atoms with van der Waals surface area (Å²) < 4.78 is 11.1. The fourth-order valence-electron chi connectivity index (χ4n) is 4.00. The van der Waals surface area contributed by atoms with E-state index in [1.54, 1.807) is 25.3 Å². The van der Waals surface area contributed by atoms with Crippen LogP contribution in [0.4, 0.5) is 0 Å². The van der Waals surface area contributed by atoms with Gasteiger partial charge in [0.25, 0.3) is 11.5 Å². The average Bonchev–Trinajstić information content (AvgIpc) is 2.79. The molecule has 2 aromatic carbocycles. The molecule has 2 atom stereocenters. The SMILES string of the molecule is Cc1ccccc1-c1c[nH]c(=O)c2cc(O[C@H](C)C(=O)N3CCOC[C@H]3C(N)=O)ccc12. The summed E-state index contributed by atoms with van der Waals surface area (Å²) in [4.78, 5) is 41.3. The van der Waals surface area contributed by atoms with Gasteiger partial charge in [-0.1, -0.05) is 24.3 Å². The number of carbonyl (C=O) groups is 2. The average molecular weight is 435 g/mol. The fourth-order valence-corrected chi connectivity index (χ4v) is 4.00. The number of hydrogen-bond acceptors (Lipinski definition) is 5. The highest BCUT2D eigenvalue weighted by Crippen LogP contribution is 2.30. The highest BCUT2D eigenvalue weighted by atomic mass is 16.5. The monoisotopic (exact) mass is 435 g/mol. The van der Waals surface area contributed by atoms with E-state index >= 15 is 0 Å². The lowest BCUT2D eigenvalue weighted by atomic mass is 9.97. The molecule has 2 heterocycles. The number of rotatable bonds is 5. The molecule has 0 spiro atoms. The maximum Gasteiger partial charge on any atom is 0.264 e. The number of nitrogens with zero attached hydrogens (tertiary/aromatic N) is 1. The summed E-state index contributed by atoms with van der Waals surface area (Å²) in [7, 11) is 0. The van der Waals surface area contributed by atoms with Crippen LogP contribution in [0.15, 0.2) is 53.5 Å². The summed E-state index contributed by atoms with van der Waals surface area (Å²) in [5.74, 6) is -0.597. The van der Waals surface area contributed by atoms with Crippen molar-refractivity contribution in [2.24, 2.45) is 5.73 Å². The largest absolute Gasteiger partial charge is 0.481 e. The third-order valence-corrected chi connectivity index (χ3v) is 5.71. The Morgan fingerprint density at radius 2 is 1.97 bits per heavy atom. The number of pyridine rings is 1. The Labute approximate surface area is 184 Å². The second-order valence-electron chi connectivity index (χ2n) is 7.84. The number of fused-ring (bicyclic) bond motifs is 1. The number of benzene rings is 2. The van der Waals surface area contributed by atoms with Gasteiger partial charge in [0, 0.05) is 18.3 Å². The first-order valence-corrected chi connectivity index (χ1v) is 10.4. The summed E-state index contributed by atoms with van der Waals surface area (Å²) in [6.45, 7) is 4.28. The first-order chi connectivity index (χ1) is 15.4. The molecule has 1 aliphatic heterocycles. The van der Waals surface area contributed by atoms with Crippen molar-refractivity contribution in [1.82, 2.24) is 9.88 Å². The van der Waals surface area contributed by atoms with E-state index in [0.717, 1.165) is 22.1 Å². The molecule has 4 rings (SSSR count). The van der Waals surface area contributed by atoms with Crippen LogP contribution >= 0.6 is 0 Å². The zero-order chi connectivity index (χ0) is 22.8. The van der Waals surface area contributed by atoms with Crippen molar-refractivity contribution in [2.45, 2.75) is 26.0 Å². The predicted octanol–water partition coefficient (Wildman–Crippen LogP) is 1.98. The Balaban J connectivity index is 1.62. The van der Waals surface area contributed by atoms with Gasteiger partial charge in [0.05, 0.1) is 18.6 Å². The first kappa shape index (κ1) is 21.6. The molecule has 1 fully saturated rings. The van der Waals surface area contributed by atoms with Crippen LogP contribution < -0.4 is 16.0 Å². The van der Waals surface area contributed by atoms with Crippen LogP contribution in [0, 0.1) is 6.92 Å². The maximum absolute atomic E-state index is 12.9. The van der Waals surface area contributed by atoms with Crippen LogP contribution in [0.1, 0.15) is 12.5 Å². The highest BCUT2D eigenvalue weighted by molar-refractivity contribution is 5.97.